The van der Waals surface area contributed by atoms with Crippen molar-refractivity contribution in [2.24, 2.45) is 0 Å². The average Bonchev–Trinajstić information content (AvgIpc) is 3.07. The Balaban J connectivity index is 1.66. The molecule has 2 N–H and O–H groups in total. The molecule has 1 aliphatic heterocycles. The summed E-state index contributed by atoms with van der Waals surface area (Å²) in [4.78, 5) is 13.0. The lowest BCUT2D eigenvalue weighted by Crippen LogP contribution is -2.45. The van der Waals surface area contributed by atoms with Crippen molar-refractivity contribution in [3.8, 4) is 0 Å². The van der Waals surface area contributed by atoms with Gasteiger partial charge in [0.25, 0.3) is 0 Å². The molecular weight excluding hydrogens is 312 g/mol. The number of rotatable bonds is 4. The largest absolute Gasteiger partial charge is 0.304 e. The Morgan fingerprint density at radius 3 is 3.10 bits per heavy atom. The first-order chi connectivity index (χ1) is 10.0. The second-order valence-electron chi connectivity index (χ2n) is 4.74. The zero-order valence-corrected chi connectivity index (χ0v) is 12.7. The van der Waals surface area contributed by atoms with E-state index in [1.165, 1.54) is 15.4 Å². The van der Waals surface area contributed by atoms with Gasteiger partial charge >= 0.3 is 10.2 Å². The first kappa shape index (κ1) is 14.2. The van der Waals surface area contributed by atoms with Gasteiger partial charge in [-0.1, -0.05) is 0 Å². The summed E-state index contributed by atoms with van der Waals surface area (Å²) in [6.07, 6.45) is 2.15. The van der Waals surface area contributed by atoms with E-state index in [2.05, 4.69) is 14.9 Å². The van der Waals surface area contributed by atoms with Gasteiger partial charge in [0.1, 0.15) is 0 Å². The van der Waals surface area contributed by atoms with Crippen molar-refractivity contribution in [1.82, 2.24) is 19.2 Å². The van der Waals surface area contributed by atoms with E-state index in [1.807, 2.05) is 11.4 Å². The number of nitrogens with one attached hydrogen (secondary N) is 2. The SMILES string of the molecule is O=C(Cc1ccn[nH]1)NS(=O)(=O)N1CCc2sccc2C1. The van der Waals surface area contributed by atoms with E-state index in [4.69, 9.17) is 0 Å². The highest BCUT2D eigenvalue weighted by molar-refractivity contribution is 7.87. The zero-order valence-electron chi connectivity index (χ0n) is 11.1. The second-order valence-corrected chi connectivity index (χ2v) is 7.41. The normalized spacial score (nSPS) is 15.6. The number of nitrogens with zero attached hydrogens (tertiary/aromatic N) is 2. The molecule has 0 radical (unpaired) electrons. The summed E-state index contributed by atoms with van der Waals surface area (Å²) in [5, 5.41) is 8.30. The van der Waals surface area contributed by atoms with Crippen LogP contribution in [-0.2, 0) is 34.4 Å². The van der Waals surface area contributed by atoms with Crippen LogP contribution in [0.2, 0.25) is 0 Å². The van der Waals surface area contributed by atoms with Crippen LogP contribution >= 0.6 is 11.3 Å². The van der Waals surface area contributed by atoms with Crippen molar-refractivity contribution in [3.05, 3.63) is 39.8 Å². The molecule has 0 saturated heterocycles. The maximum Gasteiger partial charge on any atom is 0.304 e. The van der Waals surface area contributed by atoms with Crippen molar-refractivity contribution >= 4 is 27.5 Å². The summed E-state index contributed by atoms with van der Waals surface area (Å²) in [5.41, 5.74) is 1.58. The Bertz CT molecular complexity index is 736. The first-order valence-corrected chi connectivity index (χ1v) is 8.71. The molecule has 112 valence electrons. The van der Waals surface area contributed by atoms with Crippen molar-refractivity contribution in [2.75, 3.05) is 6.54 Å². The monoisotopic (exact) mass is 326 g/mol. The zero-order chi connectivity index (χ0) is 14.9. The van der Waals surface area contributed by atoms with E-state index in [1.54, 1.807) is 17.4 Å². The molecule has 0 saturated carbocycles. The number of H-pyrrole nitrogens is 1. The van der Waals surface area contributed by atoms with Gasteiger partial charge in [-0.05, 0) is 29.5 Å². The second kappa shape index (κ2) is 5.58. The molecule has 0 spiro atoms. The molecule has 2 aromatic rings. The van der Waals surface area contributed by atoms with Gasteiger partial charge in [0.2, 0.25) is 5.91 Å². The van der Waals surface area contributed by atoms with Crippen molar-refractivity contribution in [3.63, 3.8) is 0 Å². The Labute approximate surface area is 126 Å². The Hall–Kier alpha value is -1.71. The summed E-state index contributed by atoms with van der Waals surface area (Å²) >= 11 is 1.63. The summed E-state index contributed by atoms with van der Waals surface area (Å²) in [6.45, 7) is 0.700. The minimum atomic E-state index is -3.80. The molecule has 0 atom stereocenters. The van der Waals surface area contributed by atoms with Crippen LogP contribution in [0.1, 0.15) is 16.1 Å². The van der Waals surface area contributed by atoms with Crippen molar-refractivity contribution in [2.45, 2.75) is 19.4 Å². The number of carbonyl (C=O) groups excluding carboxylic acids is 1. The van der Waals surface area contributed by atoms with E-state index >= 15 is 0 Å². The highest BCUT2D eigenvalue weighted by Gasteiger charge is 2.28. The minimum absolute atomic E-state index is 0.0449. The number of hydrogen-bond acceptors (Lipinski definition) is 5. The smallest absolute Gasteiger partial charge is 0.282 e. The number of carbonyl (C=O) groups is 1. The molecule has 0 aliphatic carbocycles. The van der Waals surface area contributed by atoms with Gasteiger partial charge in [-0.15, -0.1) is 11.3 Å². The number of aromatic amines is 1. The third kappa shape index (κ3) is 3.14. The van der Waals surface area contributed by atoms with Crippen LogP contribution in [0, 0.1) is 0 Å². The highest BCUT2D eigenvalue weighted by Crippen LogP contribution is 2.25. The number of aromatic nitrogens is 2. The molecule has 0 fully saturated rings. The molecule has 7 nitrogen and oxygen atoms in total. The van der Waals surface area contributed by atoms with E-state index in [9.17, 15) is 13.2 Å². The molecule has 9 heteroatoms. The van der Waals surface area contributed by atoms with E-state index in [0.717, 1.165) is 5.56 Å². The van der Waals surface area contributed by atoms with Gasteiger partial charge in [0.05, 0.1) is 6.42 Å². The lowest BCUT2D eigenvalue weighted by molar-refractivity contribution is -0.118. The maximum atomic E-state index is 12.2. The predicted molar refractivity (Wildman–Crippen MR) is 77.8 cm³/mol. The lowest BCUT2D eigenvalue weighted by Gasteiger charge is -2.26. The first-order valence-electron chi connectivity index (χ1n) is 6.39. The van der Waals surface area contributed by atoms with Gasteiger partial charge in [-0.25, -0.2) is 4.72 Å². The van der Waals surface area contributed by atoms with Crippen LogP contribution in [0.25, 0.3) is 0 Å². The Morgan fingerprint density at radius 1 is 1.48 bits per heavy atom. The number of amides is 1. The summed E-state index contributed by atoms with van der Waals surface area (Å²) in [7, 11) is -3.80. The topological polar surface area (TPSA) is 95.2 Å². The molecule has 3 heterocycles. The van der Waals surface area contributed by atoms with Crippen LogP contribution < -0.4 is 4.72 Å². The summed E-state index contributed by atoms with van der Waals surface area (Å²) < 4.78 is 27.9. The van der Waals surface area contributed by atoms with Crippen LogP contribution in [0.15, 0.2) is 23.7 Å². The number of thiophene rings is 1. The molecule has 21 heavy (non-hydrogen) atoms. The third-order valence-electron chi connectivity index (χ3n) is 3.26. The van der Waals surface area contributed by atoms with E-state index < -0.39 is 16.1 Å². The van der Waals surface area contributed by atoms with E-state index in [0.29, 0.717) is 25.2 Å². The van der Waals surface area contributed by atoms with Gasteiger partial charge < -0.3 is 0 Å². The van der Waals surface area contributed by atoms with Gasteiger partial charge in [0, 0.05) is 29.9 Å². The average molecular weight is 326 g/mol. The van der Waals surface area contributed by atoms with Crippen LogP contribution in [0.4, 0.5) is 0 Å². The van der Waals surface area contributed by atoms with Gasteiger partial charge in [-0.2, -0.15) is 17.8 Å². The number of hydrogen-bond donors (Lipinski definition) is 2. The molecule has 0 unspecified atom stereocenters. The lowest BCUT2D eigenvalue weighted by atomic mass is 10.1. The quantitative estimate of drug-likeness (QED) is 0.852. The van der Waals surface area contributed by atoms with Crippen molar-refractivity contribution < 1.29 is 13.2 Å². The van der Waals surface area contributed by atoms with Crippen LogP contribution in [-0.4, -0.2) is 35.4 Å². The third-order valence-corrected chi connectivity index (χ3v) is 5.76. The fourth-order valence-electron chi connectivity index (χ4n) is 2.23. The Morgan fingerprint density at radius 2 is 2.33 bits per heavy atom. The summed E-state index contributed by atoms with van der Waals surface area (Å²) in [6, 6.07) is 3.55. The predicted octanol–water partition coefficient (Wildman–Crippen LogP) is 0.433. The maximum absolute atomic E-state index is 12.2. The molecule has 1 aliphatic rings. The molecule has 2 aromatic heterocycles. The molecule has 1 amide bonds. The van der Waals surface area contributed by atoms with E-state index in [-0.39, 0.29) is 6.42 Å². The molecule has 0 aromatic carbocycles. The highest BCUT2D eigenvalue weighted by atomic mass is 32.2. The fraction of sp³-hybridized carbons (Fsp3) is 0.333. The standard InChI is InChI=1S/C12H14N4O3S2/c17-12(7-10-1-4-13-14-10)15-21(18,19)16-5-2-11-9(8-16)3-6-20-11/h1,3-4,6H,2,5,7-8H2,(H,13,14)(H,15,17). The Kier molecular flexibility index (Phi) is 3.79. The van der Waals surface area contributed by atoms with Crippen LogP contribution in [0.5, 0.6) is 0 Å². The minimum Gasteiger partial charge on any atom is -0.282 e. The van der Waals surface area contributed by atoms with Gasteiger partial charge in [-0.3, -0.25) is 9.89 Å². The summed E-state index contributed by atoms with van der Waals surface area (Å²) in [5.74, 6) is -0.574. The molecule has 3 rings (SSSR count). The van der Waals surface area contributed by atoms with Gasteiger partial charge in [0.15, 0.2) is 0 Å². The molecule has 0 bridgehead atoms. The van der Waals surface area contributed by atoms with Crippen molar-refractivity contribution in [1.29, 1.82) is 0 Å². The molecular formula is C12H14N4O3S2. The fourth-order valence-corrected chi connectivity index (χ4v) is 4.25. The number of fused-ring (bicyclic) bond motifs is 1. The van der Waals surface area contributed by atoms with Crippen LogP contribution in [0.3, 0.4) is 0 Å².